The number of hydrogen-bond donors (Lipinski definition) is 1. The molecule has 0 amide bonds. The van der Waals surface area contributed by atoms with Gasteiger partial charge in [0.1, 0.15) is 0 Å². The van der Waals surface area contributed by atoms with Crippen molar-refractivity contribution in [1.29, 1.82) is 0 Å². The molecular weight excluding hydrogens is 232 g/mol. The Morgan fingerprint density at radius 2 is 2.00 bits per heavy atom. The van der Waals surface area contributed by atoms with Gasteiger partial charge in [0, 0.05) is 18.3 Å². The van der Waals surface area contributed by atoms with E-state index in [4.69, 9.17) is 5.73 Å². The second-order valence-corrected chi connectivity index (χ2v) is 6.44. The molecule has 2 nitrogen and oxygen atoms in total. The minimum Gasteiger partial charge on any atom is -0.368 e. The highest BCUT2D eigenvalue weighted by Gasteiger charge is 2.33. The lowest BCUT2D eigenvalue weighted by Crippen LogP contribution is -2.49. The SMILES string of the molecule is CC1Cc2ccccc2N(C2CCCCC2CN)C1. The van der Waals surface area contributed by atoms with E-state index >= 15 is 0 Å². The van der Waals surface area contributed by atoms with Crippen LogP contribution in [0.1, 0.15) is 38.2 Å². The Morgan fingerprint density at radius 1 is 1.21 bits per heavy atom. The molecule has 3 unspecified atom stereocenters. The van der Waals surface area contributed by atoms with Gasteiger partial charge in [-0.15, -0.1) is 0 Å². The summed E-state index contributed by atoms with van der Waals surface area (Å²) in [6, 6.07) is 9.64. The van der Waals surface area contributed by atoms with E-state index in [1.165, 1.54) is 49.9 Å². The molecule has 3 rings (SSSR count). The zero-order chi connectivity index (χ0) is 13.2. The van der Waals surface area contributed by atoms with Crippen molar-refractivity contribution in [2.24, 2.45) is 17.6 Å². The summed E-state index contributed by atoms with van der Waals surface area (Å²) in [5, 5.41) is 0. The number of anilines is 1. The maximum Gasteiger partial charge on any atom is 0.0401 e. The van der Waals surface area contributed by atoms with Crippen molar-refractivity contribution in [1.82, 2.24) is 0 Å². The van der Waals surface area contributed by atoms with E-state index in [2.05, 4.69) is 36.1 Å². The van der Waals surface area contributed by atoms with Crippen LogP contribution in [0.4, 0.5) is 5.69 Å². The predicted molar refractivity (Wildman–Crippen MR) is 81.5 cm³/mol. The first kappa shape index (κ1) is 13.0. The van der Waals surface area contributed by atoms with Crippen molar-refractivity contribution >= 4 is 5.69 Å². The van der Waals surface area contributed by atoms with Crippen molar-refractivity contribution in [2.75, 3.05) is 18.0 Å². The van der Waals surface area contributed by atoms with Crippen LogP contribution in [0.5, 0.6) is 0 Å². The van der Waals surface area contributed by atoms with Gasteiger partial charge in [0.05, 0.1) is 0 Å². The lowest BCUT2D eigenvalue weighted by atomic mass is 9.81. The summed E-state index contributed by atoms with van der Waals surface area (Å²) >= 11 is 0. The number of hydrogen-bond acceptors (Lipinski definition) is 2. The largest absolute Gasteiger partial charge is 0.368 e. The fourth-order valence-electron chi connectivity index (χ4n) is 4.03. The number of para-hydroxylation sites is 1. The molecule has 0 bridgehead atoms. The lowest BCUT2D eigenvalue weighted by Gasteiger charge is -2.45. The molecule has 1 aromatic carbocycles. The quantitative estimate of drug-likeness (QED) is 0.882. The second-order valence-electron chi connectivity index (χ2n) is 6.44. The van der Waals surface area contributed by atoms with Gasteiger partial charge in [0.15, 0.2) is 0 Å². The Bertz CT molecular complexity index is 429. The molecule has 1 aliphatic carbocycles. The summed E-state index contributed by atoms with van der Waals surface area (Å²) in [5.74, 6) is 1.45. The highest BCUT2D eigenvalue weighted by Crippen LogP contribution is 2.36. The van der Waals surface area contributed by atoms with Crippen molar-refractivity contribution in [3.63, 3.8) is 0 Å². The van der Waals surface area contributed by atoms with Crippen LogP contribution in [-0.4, -0.2) is 19.1 Å². The summed E-state index contributed by atoms with van der Waals surface area (Å²) in [6.45, 7) is 4.43. The van der Waals surface area contributed by atoms with Gasteiger partial charge in [-0.25, -0.2) is 0 Å². The summed E-state index contributed by atoms with van der Waals surface area (Å²) in [7, 11) is 0. The van der Waals surface area contributed by atoms with Crippen LogP contribution >= 0.6 is 0 Å². The summed E-state index contributed by atoms with van der Waals surface area (Å²) in [4.78, 5) is 2.68. The topological polar surface area (TPSA) is 29.3 Å². The van der Waals surface area contributed by atoms with Crippen LogP contribution in [0, 0.1) is 11.8 Å². The molecule has 3 atom stereocenters. The van der Waals surface area contributed by atoms with Crippen molar-refractivity contribution < 1.29 is 0 Å². The van der Waals surface area contributed by atoms with Crippen molar-refractivity contribution in [3.8, 4) is 0 Å². The van der Waals surface area contributed by atoms with E-state index in [9.17, 15) is 0 Å². The molecule has 1 aliphatic heterocycles. The maximum absolute atomic E-state index is 6.03. The third-order valence-corrected chi connectivity index (χ3v) is 4.95. The molecule has 0 aromatic heterocycles. The molecular formula is C17H26N2. The minimum absolute atomic E-state index is 0.669. The van der Waals surface area contributed by atoms with Gasteiger partial charge >= 0.3 is 0 Å². The van der Waals surface area contributed by atoms with Gasteiger partial charge in [0.25, 0.3) is 0 Å². The normalized spacial score (nSPS) is 31.1. The van der Waals surface area contributed by atoms with E-state index in [1.807, 2.05) is 0 Å². The van der Waals surface area contributed by atoms with Crippen molar-refractivity contribution in [3.05, 3.63) is 29.8 Å². The molecule has 0 saturated heterocycles. The third-order valence-electron chi connectivity index (χ3n) is 4.95. The van der Waals surface area contributed by atoms with Gasteiger partial charge in [-0.3, -0.25) is 0 Å². The van der Waals surface area contributed by atoms with Gasteiger partial charge in [0.2, 0.25) is 0 Å². The molecule has 104 valence electrons. The fraction of sp³-hybridized carbons (Fsp3) is 0.647. The van der Waals surface area contributed by atoms with Crippen LogP contribution in [0.25, 0.3) is 0 Å². The first-order valence-electron chi connectivity index (χ1n) is 7.84. The van der Waals surface area contributed by atoms with E-state index in [0.717, 1.165) is 12.5 Å². The Hall–Kier alpha value is -1.02. The fourth-order valence-corrected chi connectivity index (χ4v) is 4.03. The summed E-state index contributed by atoms with van der Waals surface area (Å²) < 4.78 is 0. The van der Waals surface area contributed by atoms with Crippen molar-refractivity contribution in [2.45, 2.75) is 45.1 Å². The highest BCUT2D eigenvalue weighted by molar-refractivity contribution is 5.56. The van der Waals surface area contributed by atoms with E-state index in [-0.39, 0.29) is 0 Å². The molecule has 0 spiro atoms. The molecule has 2 aliphatic rings. The average Bonchev–Trinajstić information content (AvgIpc) is 2.46. The third kappa shape index (κ3) is 2.51. The lowest BCUT2D eigenvalue weighted by molar-refractivity contribution is 0.287. The highest BCUT2D eigenvalue weighted by atomic mass is 15.2. The number of rotatable bonds is 2. The molecule has 1 aromatic rings. The van der Waals surface area contributed by atoms with Crippen LogP contribution in [-0.2, 0) is 6.42 Å². The summed E-state index contributed by atoms with van der Waals surface area (Å²) in [5.41, 5.74) is 9.04. The number of fused-ring (bicyclic) bond motifs is 1. The minimum atomic E-state index is 0.669. The van der Waals surface area contributed by atoms with Crippen LogP contribution in [0.3, 0.4) is 0 Å². The number of benzene rings is 1. The maximum atomic E-state index is 6.03. The van der Waals surface area contributed by atoms with Gasteiger partial charge in [-0.05, 0) is 49.3 Å². The number of nitrogens with two attached hydrogens (primary N) is 1. The first-order valence-corrected chi connectivity index (χ1v) is 7.84. The van der Waals surface area contributed by atoms with Gasteiger partial charge < -0.3 is 10.6 Å². The standard InChI is InChI=1S/C17H26N2/c1-13-10-14-6-2-4-8-16(14)19(12-13)17-9-5-3-7-15(17)11-18/h2,4,6,8,13,15,17H,3,5,7,9-12,18H2,1H3. The van der Waals surface area contributed by atoms with E-state index < -0.39 is 0 Å². The number of nitrogens with zero attached hydrogens (tertiary/aromatic N) is 1. The molecule has 1 fully saturated rings. The average molecular weight is 258 g/mol. The predicted octanol–water partition coefficient (Wildman–Crippen LogP) is 3.20. The molecule has 2 heteroatoms. The molecule has 0 radical (unpaired) electrons. The smallest absolute Gasteiger partial charge is 0.0401 e. The Labute approximate surface area is 117 Å². The van der Waals surface area contributed by atoms with E-state index in [0.29, 0.717) is 12.0 Å². The molecule has 2 N–H and O–H groups in total. The summed E-state index contributed by atoms with van der Waals surface area (Å²) in [6.07, 6.45) is 6.60. The Morgan fingerprint density at radius 3 is 2.84 bits per heavy atom. The van der Waals surface area contributed by atoms with Crippen LogP contribution in [0.2, 0.25) is 0 Å². The zero-order valence-electron chi connectivity index (χ0n) is 12.0. The molecule has 1 heterocycles. The Kier molecular flexibility index (Phi) is 3.79. The van der Waals surface area contributed by atoms with E-state index in [1.54, 1.807) is 0 Å². The second kappa shape index (κ2) is 5.54. The Balaban J connectivity index is 1.91. The van der Waals surface area contributed by atoms with Crippen LogP contribution in [0.15, 0.2) is 24.3 Å². The molecule has 19 heavy (non-hydrogen) atoms. The van der Waals surface area contributed by atoms with Crippen LogP contribution < -0.4 is 10.6 Å². The van der Waals surface area contributed by atoms with Gasteiger partial charge in [-0.2, -0.15) is 0 Å². The van der Waals surface area contributed by atoms with Gasteiger partial charge in [-0.1, -0.05) is 38.0 Å². The monoisotopic (exact) mass is 258 g/mol. The first-order chi connectivity index (χ1) is 9.29. The molecule has 1 saturated carbocycles. The zero-order valence-corrected chi connectivity index (χ0v) is 12.0.